The van der Waals surface area contributed by atoms with Gasteiger partial charge in [-0.3, -0.25) is 4.90 Å². The van der Waals surface area contributed by atoms with Crippen LogP contribution < -0.4 is 5.32 Å². The second-order valence-electron chi connectivity index (χ2n) is 5.27. The van der Waals surface area contributed by atoms with Crippen LogP contribution >= 0.6 is 0 Å². The second-order valence-corrected chi connectivity index (χ2v) is 5.27. The molecule has 0 spiro atoms. The fourth-order valence-corrected chi connectivity index (χ4v) is 2.90. The summed E-state index contributed by atoms with van der Waals surface area (Å²) < 4.78 is 27.8. The summed E-state index contributed by atoms with van der Waals surface area (Å²) in [5.74, 6) is -0.533. The van der Waals surface area contributed by atoms with Crippen LogP contribution in [0.1, 0.15) is 17.2 Å². The number of nitrogens with zero attached hydrogens (tertiary/aromatic N) is 1. The van der Waals surface area contributed by atoms with E-state index in [9.17, 15) is 8.78 Å². The second kappa shape index (κ2) is 6.33. The molecule has 1 fully saturated rings. The van der Waals surface area contributed by atoms with E-state index in [2.05, 4.69) is 10.2 Å². The third kappa shape index (κ3) is 3.12. The largest absolute Gasteiger partial charge is 0.314 e. The lowest BCUT2D eigenvalue weighted by molar-refractivity contribution is 0.195. The first kappa shape index (κ1) is 14.2. The Balaban J connectivity index is 2.04. The number of piperazine rings is 1. The summed E-state index contributed by atoms with van der Waals surface area (Å²) in [6.07, 6.45) is 0. The van der Waals surface area contributed by atoms with Crippen molar-refractivity contribution < 1.29 is 8.78 Å². The van der Waals surface area contributed by atoms with Crippen molar-refractivity contribution in [3.8, 4) is 0 Å². The minimum Gasteiger partial charge on any atom is -0.314 e. The SMILES string of the molecule is Fc1cccc(C(c2ccccc2F)N2CCNCC2)c1. The molecule has 21 heavy (non-hydrogen) atoms. The van der Waals surface area contributed by atoms with Gasteiger partial charge in [-0.1, -0.05) is 30.3 Å². The van der Waals surface area contributed by atoms with Crippen molar-refractivity contribution in [1.82, 2.24) is 10.2 Å². The Morgan fingerprint density at radius 1 is 0.952 bits per heavy atom. The highest BCUT2D eigenvalue weighted by atomic mass is 19.1. The molecule has 0 saturated carbocycles. The number of rotatable bonds is 3. The molecule has 1 unspecified atom stereocenters. The molecule has 4 heteroatoms. The number of hydrogen-bond donors (Lipinski definition) is 1. The van der Waals surface area contributed by atoms with Gasteiger partial charge in [-0.15, -0.1) is 0 Å². The molecule has 3 rings (SSSR count). The molecule has 0 bridgehead atoms. The minimum atomic E-state index is -0.288. The Kier molecular flexibility index (Phi) is 4.27. The van der Waals surface area contributed by atoms with Crippen molar-refractivity contribution in [3.63, 3.8) is 0 Å². The van der Waals surface area contributed by atoms with Crippen molar-refractivity contribution in [2.45, 2.75) is 6.04 Å². The van der Waals surface area contributed by atoms with Crippen LogP contribution in [-0.2, 0) is 0 Å². The lowest BCUT2D eigenvalue weighted by Crippen LogP contribution is -2.45. The van der Waals surface area contributed by atoms with E-state index >= 15 is 0 Å². The first-order valence-corrected chi connectivity index (χ1v) is 7.20. The molecule has 2 aromatic rings. The molecular formula is C17H18F2N2. The third-order valence-corrected chi connectivity index (χ3v) is 3.88. The Hall–Kier alpha value is -1.78. The average Bonchev–Trinajstić information content (AvgIpc) is 2.51. The van der Waals surface area contributed by atoms with Gasteiger partial charge in [-0.25, -0.2) is 8.78 Å². The van der Waals surface area contributed by atoms with E-state index in [0.717, 1.165) is 31.7 Å². The van der Waals surface area contributed by atoms with Gasteiger partial charge in [0.1, 0.15) is 11.6 Å². The van der Waals surface area contributed by atoms with Gasteiger partial charge in [-0.2, -0.15) is 0 Å². The highest BCUT2D eigenvalue weighted by Gasteiger charge is 2.26. The van der Waals surface area contributed by atoms with Gasteiger partial charge >= 0.3 is 0 Å². The normalized spacial score (nSPS) is 17.6. The van der Waals surface area contributed by atoms with Crippen LogP contribution in [-0.4, -0.2) is 31.1 Å². The highest BCUT2D eigenvalue weighted by Crippen LogP contribution is 2.30. The molecule has 0 amide bonds. The Bertz CT molecular complexity index is 609. The molecule has 1 aliphatic heterocycles. The van der Waals surface area contributed by atoms with Crippen molar-refractivity contribution in [3.05, 3.63) is 71.3 Å². The van der Waals surface area contributed by atoms with E-state index in [1.165, 1.54) is 18.2 Å². The zero-order valence-electron chi connectivity index (χ0n) is 11.7. The summed E-state index contributed by atoms with van der Waals surface area (Å²) in [6.45, 7) is 3.35. The molecule has 0 aliphatic carbocycles. The van der Waals surface area contributed by atoms with Gasteiger partial charge in [0.2, 0.25) is 0 Å². The van der Waals surface area contributed by atoms with Gasteiger partial charge < -0.3 is 5.32 Å². The van der Waals surface area contributed by atoms with Crippen LogP contribution in [0.2, 0.25) is 0 Å². The molecule has 1 heterocycles. The van der Waals surface area contributed by atoms with Gasteiger partial charge in [0.15, 0.2) is 0 Å². The van der Waals surface area contributed by atoms with Crippen molar-refractivity contribution in [1.29, 1.82) is 0 Å². The smallest absolute Gasteiger partial charge is 0.128 e. The molecule has 0 aromatic heterocycles. The maximum Gasteiger partial charge on any atom is 0.128 e. The molecule has 2 nitrogen and oxygen atoms in total. The van der Waals surface area contributed by atoms with Crippen LogP contribution in [0.5, 0.6) is 0 Å². The van der Waals surface area contributed by atoms with Crippen LogP contribution in [0.15, 0.2) is 48.5 Å². The topological polar surface area (TPSA) is 15.3 Å². The first-order chi connectivity index (χ1) is 10.3. The highest BCUT2D eigenvalue weighted by molar-refractivity contribution is 5.33. The van der Waals surface area contributed by atoms with E-state index in [1.54, 1.807) is 18.2 Å². The van der Waals surface area contributed by atoms with Crippen molar-refractivity contribution in [2.75, 3.05) is 26.2 Å². The molecule has 2 aromatic carbocycles. The van der Waals surface area contributed by atoms with Gasteiger partial charge in [0.05, 0.1) is 6.04 Å². The van der Waals surface area contributed by atoms with Crippen LogP contribution in [0.25, 0.3) is 0 Å². The first-order valence-electron chi connectivity index (χ1n) is 7.20. The summed E-state index contributed by atoms with van der Waals surface area (Å²) in [5, 5.41) is 3.29. The number of hydrogen-bond acceptors (Lipinski definition) is 2. The van der Waals surface area contributed by atoms with Crippen LogP contribution in [0.4, 0.5) is 8.78 Å². The van der Waals surface area contributed by atoms with Gasteiger partial charge in [0, 0.05) is 31.7 Å². The van der Waals surface area contributed by atoms with E-state index in [-0.39, 0.29) is 17.7 Å². The molecule has 0 radical (unpaired) electrons. The zero-order valence-corrected chi connectivity index (χ0v) is 11.7. The summed E-state index contributed by atoms with van der Waals surface area (Å²) in [4.78, 5) is 2.20. The summed E-state index contributed by atoms with van der Waals surface area (Å²) >= 11 is 0. The third-order valence-electron chi connectivity index (χ3n) is 3.88. The predicted molar refractivity (Wildman–Crippen MR) is 79.1 cm³/mol. The number of nitrogens with one attached hydrogen (secondary N) is 1. The number of halogens is 2. The molecule has 1 saturated heterocycles. The maximum absolute atomic E-state index is 14.2. The summed E-state index contributed by atoms with van der Waals surface area (Å²) in [6, 6.07) is 13.0. The fraction of sp³-hybridized carbons (Fsp3) is 0.294. The lowest BCUT2D eigenvalue weighted by Gasteiger charge is -2.35. The Morgan fingerprint density at radius 2 is 1.71 bits per heavy atom. The molecule has 110 valence electrons. The van der Waals surface area contributed by atoms with Crippen LogP contribution in [0, 0.1) is 11.6 Å². The monoisotopic (exact) mass is 288 g/mol. The minimum absolute atomic E-state index is 0.245. The van der Waals surface area contributed by atoms with Crippen LogP contribution in [0.3, 0.4) is 0 Å². The molecule has 1 aliphatic rings. The standard InChI is InChI=1S/C17H18F2N2/c18-14-5-3-4-13(12-14)17(21-10-8-20-9-11-21)15-6-1-2-7-16(15)19/h1-7,12,17,20H,8-11H2. The predicted octanol–water partition coefficient (Wildman–Crippen LogP) is 2.96. The van der Waals surface area contributed by atoms with Gasteiger partial charge in [-0.05, 0) is 23.8 Å². The number of benzene rings is 2. The van der Waals surface area contributed by atoms with Crippen molar-refractivity contribution in [2.24, 2.45) is 0 Å². The molecular weight excluding hydrogens is 270 g/mol. The quantitative estimate of drug-likeness (QED) is 0.934. The molecule has 1 atom stereocenters. The van der Waals surface area contributed by atoms with E-state index in [1.807, 2.05) is 12.1 Å². The average molecular weight is 288 g/mol. The fourth-order valence-electron chi connectivity index (χ4n) is 2.90. The maximum atomic E-state index is 14.2. The summed E-state index contributed by atoms with van der Waals surface area (Å²) in [5.41, 5.74) is 1.40. The molecule has 1 N–H and O–H groups in total. The zero-order chi connectivity index (χ0) is 14.7. The van der Waals surface area contributed by atoms with E-state index in [4.69, 9.17) is 0 Å². The van der Waals surface area contributed by atoms with E-state index < -0.39 is 0 Å². The Labute approximate surface area is 123 Å². The van der Waals surface area contributed by atoms with Crippen molar-refractivity contribution >= 4 is 0 Å². The lowest BCUT2D eigenvalue weighted by atomic mass is 9.96. The Morgan fingerprint density at radius 3 is 2.43 bits per heavy atom. The van der Waals surface area contributed by atoms with E-state index in [0.29, 0.717) is 5.56 Å². The summed E-state index contributed by atoms with van der Waals surface area (Å²) in [7, 11) is 0. The van der Waals surface area contributed by atoms with Gasteiger partial charge in [0.25, 0.3) is 0 Å².